The Balaban J connectivity index is 1.56. The summed E-state index contributed by atoms with van der Waals surface area (Å²) in [4.78, 5) is 14.4. The van der Waals surface area contributed by atoms with Crippen molar-refractivity contribution in [2.75, 3.05) is 13.1 Å². The van der Waals surface area contributed by atoms with Gasteiger partial charge in [0, 0.05) is 19.1 Å². The number of nitrogens with zero attached hydrogens (tertiary/aromatic N) is 2. The van der Waals surface area contributed by atoms with E-state index in [-0.39, 0.29) is 11.9 Å². The van der Waals surface area contributed by atoms with Gasteiger partial charge in [-0.05, 0) is 44.4 Å². The number of nitrogens with two attached hydrogens (primary N) is 1. The number of aryl methyl sites for hydroxylation is 2. The van der Waals surface area contributed by atoms with Crippen LogP contribution < -0.4 is 10.5 Å². The SMILES string of the molecule is Cc1noc(C)c1COc1ccc(CC(=O)N2CCCC2CN)cc1. The van der Waals surface area contributed by atoms with Gasteiger partial charge in [0.15, 0.2) is 0 Å². The van der Waals surface area contributed by atoms with Gasteiger partial charge in [0.05, 0.1) is 17.7 Å². The second-order valence-corrected chi connectivity index (χ2v) is 6.53. The topological polar surface area (TPSA) is 81.6 Å². The summed E-state index contributed by atoms with van der Waals surface area (Å²) in [5, 5.41) is 3.92. The summed E-state index contributed by atoms with van der Waals surface area (Å²) in [6.45, 7) is 5.56. The lowest BCUT2D eigenvalue weighted by atomic mass is 10.1. The van der Waals surface area contributed by atoms with Crippen molar-refractivity contribution in [1.82, 2.24) is 10.1 Å². The normalized spacial score (nSPS) is 17.1. The average molecular weight is 343 g/mol. The standard InChI is InChI=1S/C19H25N3O3/c1-13-18(14(2)25-21-13)12-24-17-7-5-15(6-8-17)10-19(23)22-9-3-4-16(22)11-20/h5-8,16H,3-4,9-12,20H2,1-2H3. The molecule has 0 spiro atoms. The van der Waals surface area contributed by atoms with Crippen LogP contribution in [0.1, 0.15) is 35.4 Å². The van der Waals surface area contributed by atoms with Crippen molar-refractivity contribution in [3.63, 3.8) is 0 Å². The number of aromatic nitrogens is 1. The lowest BCUT2D eigenvalue weighted by Crippen LogP contribution is -2.40. The second kappa shape index (κ2) is 7.70. The first-order chi connectivity index (χ1) is 12.1. The van der Waals surface area contributed by atoms with Crippen LogP contribution in [0.5, 0.6) is 5.75 Å². The van der Waals surface area contributed by atoms with E-state index in [0.29, 0.717) is 19.6 Å². The highest BCUT2D eigenvalue weighted by Gasteiger charge is 2.27. The number of ether oxygens (including phenoxy) is 1. The van der Waals surface area contributed by atoms with Gasteiger partial charge >= 0.3 is 0 Å². The van der Waals surface area contributed by atoms with Gasteiger partial charge in [0.25, 0.3) is 0 Å². The molecule has 1 unspecified atom stereocenters. The van der Waals surface area contributed by atoms with Gasteiger partial charge in [-0.3, -0.25) is 4.79 Å². The van der Waals surface area contributed by atoms with Crippen LogP contribution in [0.3, 0.4) is 0 Å². The predicted octanol–water partition coefficient (Wildman–Crippen LogP) is 2.36. The Morgan fingerprint density at radius 3 is 2.76 bits per heavy atom. The van der Waals surface area contributed by atoms with E-state index in [2.05, 4.69) is 5.16 Å². The third-order valence-corrected chi connectivity index (χ3v) is 4.81. The Morgan fingerprint density at radius 2 is 2.12 bits per heavy atom. The largest absolute Gasteiger partial charge is 0.489 e. The minimum atomic E-state index is 0.150. The number of likely N-dealkylation sites (tertiary alicyclic amines) is 1. The van der Waals surface area contributed by atoms with Gasteiger partial charge in [-0.25, -0.2) is 0 Å². The summed E-state index contributed by atoms with van der Waals surface area (Å²) in [6.07, 6.45) is 2.46. The average Bonchev–Trinajstić information content (AvgIpc) is 3.21. The van der Waals surface area contributed by atoms with Crippen molar-refractivity contribution in [2.24, 2.45) is 5.73 Å². The Kier molecular flexibility index (Phi) is 5.38. The van der Waals surface area contributed by atoms with Crippen molar-refractivity contribution in [2.45, 2.75) is 45.8 Å². The minimum Gasteiger partial charge on any atom is -0.489 e. The molecule has 134 valence electrons. The molecule has 1 atom stereocenters. The van der Waals surface area contributed by atoms with Crippen molar-refractivity contribution < 1.29 is 14.1 Å². The van der Waals surface area contributed by atoms with Crippen LogP contribution in [0.15, 0.2) is 28.8 Å². The Hall–Kier alpha value is -2.34. The zero-order valence-corrected chi connectivity index (χ0v) is 14.8. The first-order valence-electron chi connectivity index (χ1n) is 8.71. The molecule has 6 nitrogen and oxygen atoms in total. The molecule has 0 saturated carbocycles. The number of hydrogen-bond acceptors (Lipinski definition) is 5. The third-order valence-electron chi connectivity index (χ3n) is 4.81. The van der Waals surface area contributed by atoms with Crippen molar-refractivity contribution in [1.29, 1.82) is 0 Å². The van der Waals surface area contributed by atoms with Crippen molar-refractivity contribution >= 4 is 5.91 Å². The van der Waals surface area contributed by atoms with E-state index in [1.54, 1.807) is 0 Å². The fourth-order valence-corrected chi connectivity index (χ4v) is 3.25. The first kappa shape index (κ1) is 17.5. The summed E-state index contributed by atoms with van der Waals surface area (Å²) in [6, 6.07) is 7.86. The molecule has 0 bridgehead atoms. The van der Waals surface area contributed by atoms with E-state index in [1.807, 2.05) is 43.0 Å². The molecular formula is C19H25N3O3. The minimum absolute atomic E-state index is 0.150. The molecule has 0 radical (unpaired) electrons. The Labute approximate surface area is 147 Å². The quantitative estimate of drug-likeness (QED) is 0.871. The molecule has 1 saturated heterocycles. The first-order valence-corrected chi connectivity index (χ1v) is 8.71. The number of hydrogen-bond donors (Lipinski definition) is 1. The Morgan fingerprint density at radius 1 is 1.36 bits per heavy atom. The molecule has 1 amide bonds. The van der Waals surface area contributed by atoms with Crippen LogP contribution in [-0.4, -0.2) is 35.1 Å². The van der Waals surface area contributed by atoms with Gasteiger partial charge in [0.2, 0.25) is 5.91 Å². The molecule has 6 heteroatoms. The van der Waals surface area contributed by atoms with Crippen LogP contribution in [0.25, 0.3) is 0 Å². The molecule has 1 aromatic heterocycles. The summed E-state index contributed by atoms with van der Waals surface area (Å²) in [5.74, 6) is 1.69. The van der Waals surface area contributed by atoms with Gasteiger partial charge < -0.3 is 19.9 Å². The zero-order valence-electron chi connectivity index (χ0n) is 14.8. The highest BCUT2D eigenvalue weighted by Crippen LogP contribution is 2.20. The number of amides is 1. The molecule has 1 aliphatic heterocycles. The van der Waals surface area contributed by atoms with Crippen LogP contribution >= 0.6 is 0 Å². The zero-order chi connectivity index (χ0) is 17.8. The van der Waals surface area contributed by atoms with E-state index in [4.69, 9.17) is 15.0 Å². The molecule has 2 aromatic rings. The number of carbonyl (C=O) groups excluding carboxylic acids is 1. The molecule has 1 aliphatic rings. The van der Waals surface area contributed by atoms with E-state index >= 15 is 0 Å². The molecule has 1 aromatic carbocycles. The molecule has 2 N–H and O–H groups in total. The smallest absolute Gasteiger partial charge is 0.227 e. The predicted molar refractivity (Wildman–Crippen MR) is 94.2 cm³/mol. The Bertz CT molecular complexity index is 705. The highest BCUT2D eigenvalue weighted by molar-refractivity contribution is 5.79. The molecular weight excluding hydrogens is 318 g/mol. The van der Waals surface area contributed by atoms with Crippen LogP contribution in [0.4, 0.5) is 0 Å². The number of rotatable bonds is 6. The van der Waals surface area contributed by atoms with Gasteiger partial charge in [-0.1, -0.05) is 17.3 Å². The fourth-order valence-electron chi connectivity index (χ4n) is 3.25. The van der Waals surface area contributed by atoms with Crippen molar-refractivity contribution in [3.05, 3.63) is 46.8 Å². The molecule has 0 aliphatic carbocycles. The van der Waals surface area contributed by atoms with Crippen LogP contribution in [-0.2, 0) is 17.8 Å². The van der Waals surface area contributed by atoms with E-state index < -0.39 is 0 Å². The lowest BCUT2D eigenvalue weighted by molar-refractivity contribution is -0.131. The summed E-state index contributed by atoms with van der Waals surface area (Å²) >= 11 is 0. The number of carbonyl (C=O) groups is 1. The summed E-state index contributed by atoms with van der Waals surface area (Å²) < 4.78 is 10.9. The molecule has 1 fully saturated rings. The maximum Gasteiger partial charge on any atom is 0.227 e. The van der Waals surface area contributed by atoms with Crippen molar-refractivity contribution in [3.8, 4) is 5.75 Å². The van der Waals surface area contributed by atoms with Crippen LogP contribution in [0, 0.1) is 13.8 Å². The number of benzene rings is 1. The highest BCUT2D eigenvalue weighted by atomic mass is 16.5. The molecule has 3 rings (SSSR count). The molecule has 25 heavy (non-hydrogen) atoms. The summed E-state index contributed by atoms with van der Waals surface area (Å²) in [7, 11) is 0. The van der Waals surface area contributed by atoms with Gasteiger partial charge in [0.1, 0.15) is 18.1 Å². The van der Waals surface area contributed by atoms with Gasteiger partial charge in [-0.15, -0.1) is 0 Å². The monoisotopic (exact) mass is 343 g/mol. The van der Waals surface area contributed by atoms with E-state index in [9.17, 15) is 4.79 Å². The molecule has 2 heterocycles. The van der Waals surface area contributed by atoms with Crippen LogP contribution in [0.2, 0.25) is 0 Å². The maximum atomic E-state index is 12.4. The second-order valence-electron chi connectivity index (χ2n) is 6.53. The van der Waals surface area contributed by atoms with E-state index in [1.165, 1.54) is 0 Å². The lowest BCUT2D eigenvalue weighted by Gasteiger charge is -2.23. The maximum absolute atomic E-state index is 12.4. The third kappa shape index (κ3) is 4.02. The van der Waals surface area contributed by atoms with Gasteiger partial charge in [-0.2, -0.15) is 0 Å². The van der Waals surface area contributed by atoms with E-state index in [0.717, 1.165) is 47.7 Å². The fraction of sp³-hybridized carbons (Fsp3) is 0.474. The summed E-state index contributed by atoms with van der Waals surface area (Å²) in [5.41, 5.74) is 8.55.